The highest BCUT2D eigenvalue weighted by Crippen LogP contribution is 2.32. The standard InChI is InChI=1S/C25H23BrClN5S2/c1-31(16-17-9-10-23(34-17)22-8-4-13-33-22)12-5-11-28-24-14-21(18-6-2-3-7-20(18)27)30-25-19(26)15-29-32(24)25/h2-4,6-10,13-15,28H,5,11-12,16H2,1H3. The minimum absolute atomic E-state index is 0.679. The normalized spacial score (nSPS) is 11.5. The molecule has 0 saturated carbocycles. The molecule has 174 valence electrons. The first-order valence-electron chi connectivity index (χ1n) is 10.9. The lowest BCUT2D eigenvalue weighted by atomic mass is 10.1. The molecule has 0 spiro atoms. The number of anilines is 1. The van der Waals surface area contributed by atoms with Gasteiger partial charge in [-0.1, -0.05) is 35.9 Å². The van der Waals surface area contributed by atoms with Crippen LogP contribution >= 0.6 is 50.2 Å². The average Bonchev–Trinajstić information content (AvgIpc) is 3.59. The fourth-order valence-electron chi connectivity index (χ4n) is 3.79. The van der Waals surface area contributed by atoms with Crippen LogP contribution < -0.4 is 5.32 Å². The maximum atomic E-state index is 6.44. The molecule has 5 rings (SSSR count). The van der Waals surface area contributed by atoms with E-state index in [-0.39, 0.29) is 0 Å². The molecular weight excluding hydrogens is 550 g/mol. The molecule has 0 atom stereocenters. The summed E-state index contributed by atoms with van der Waals surface area (Å²) in [5.74, 6) is 0.895. The lowest BCUT2D eigenvalue weighted by Crippen LogP contribution is -2.21. The van der Waals surface area contributed by atoms with Crippen molar-refractivity contribution in [3.63, 3.8) is 0 Å². The first-order valence-corrected chi connectivity index (χ1v) is 13.8. The highest BCUT2D eigenvalue weighted by Gasteiger charge is 2.13. The monoisotopic (exact) mass is 571 g/mol. The molecule has 0 aliphatic heterocycles. The number of thiophene rings is 2. The van der Waals surface area contributed by atoms with Crippen molar-refractivity contribution in [2.24, 2.45) is 0 Å². The molecule has 0 aliphatic rings. The zero-order valence-electron chi connectivity index (χ0n) is 18.5. The molecule has 0 unspecified atom stereocenters. The van der Waals surface area contributed by atoms with Gasteiger partial charge < -0.3 is 10.2 Å². The number of aromatic nitrogens is 3. The Labute approximate surface area is 220 Å². The lowest BCUT2D eigenvalue weighted by Gasteiger charge is -2.16. The number of benzene rings is 1. The fraction of sp³-hybridized carbons (Fsp3) is 0.200. The van der Waals surface area contributed by atoms with Gasteiger partial charge in [0.2, 0.25) is 0 Å². The molecule has 34 heavy (non-hydrogen) atoms. The van der Waals surface area contributed by atoms with Gasteiger partial charge in [-0.3, -0.25) is 0 Å². The zero-order valence-corrected chi connectivity index (χ0v) is 22.5. The molecule has 0 saturated heterocycles. The van der Waals surface area contributed by atoms with E-state index in [1.807, 2.05) is 46.2 Å². The van der Waals surface area contributed by atoms with Crippen LogP contribution in [0.4, 0.5) is 5.82 Å². The summed E-state index contributed by atoms with van der Waals surface area (Å²) in [6, 6.07) is 18.5. The van der Waals surface area contributed by atoms with E-state index >= 15 is 0 Å². The number of hydrogen-bond donors (Lipinski definition) is 1. The SMILES string of the molecule is CN(CCCNc1cc(-c2ccccc2Cl)nc2c(Br)cnn12)Cc1ccc(-c2cccs2)s1. The number of halogens is 2. The third kappa shape index (κ3) is 5.21. The number of fused-ring (bicyclic) bond motifs is 1. The zero-order chi connectivity index (χ0) is 23.5. The number of rotatable bonds is 9. The summed E-state index contributed by atoms with van der Waals surface area (Å²) < 4.78 is 2.67. The summed E-state index contributed by atoms with van der Waals surface area (Å²) in [7, 11) is 2.18. The Balaban J connectivity index is 1.22. The Hall–Kier alpha value is -2.23. The van der Waals surface area contributed by atoms with Crippen molar-refractivity contribution >= 4 is 61.7 Å². The molecule has 0 amide bonds. The average molecular weight is 573 g/mol. The van der Waals surface area contributed by atoms with Crippen molar-refractivity contribution in [1.82, 2.24) is 19.5 Å². The maximum absolute atomic E-state index is 6.44. The van der Waals surface area contributed by atoms with Gasteiger partial charge in [-0.15, -0.1) is 22.7 Å². The molecular formula is C25H23BrClN5S2. The van der Waals surface area contributed by atoms with Gasteiger partial charge in [-0.25, -0.2) is 4.98 Å². The van der Waals surface area contributed by atoms with Crippen molar-refractivity contribution in [1.29, 1.82) is 0 Å². The second-order valence-corrected chi connectivity index (χ2v) is 11.4. The minimum atomic E-state index is 0.679. The maximum Gasteiger partial charge on any atom is 0.172 e. The molecule has 4 aromatic heterocycles. The summed E-state index contributed by atoms with van der Waals surface area (Å²) in [6.07, 6.45) is 2.77. The summed E-state index contributed by atoms with van der Waals surface area (Å²) in [5, 5.41) is 10.8. The Morgan fingerprint density at radius 2 is 2.00 bits per heavy atom. The second-order valence-electron chi connectivity index (χ2n) is 8.00. The van der Waals surface area contributed by atoms with Gasteiger partial charge in [0.1, 0.15) is 5.82 Å². The fourth-order valence-corrected chi connectivity index (χ4v) is 6.30. The van der Waals surface area contributed by atoms with Crippen molar-refractivity contribution in [3.8, 4) is 21.0 Å². The molecule has 0 bridgehead atoms. The quantitative estimate of drug-likeness (QED) is 0.185. The lowest BCUT2D eigenvalue weighted by molar-refractivity contribution is 0.328. The summed E-state index contributed by atoms with van der Waals surface area (Å²) in [4.78, 5) is 11.2. The molecule has 1 aromatic carbocycles. The van der Waals surface area contributed by atoms with Crippen molar-refractivity contribution in [2.75, 3.05) is 25.5 Å². The third-order valence-corrected chi connectivity index (χ3v) is 8.48. The van der Waals surface area contributed by atoms with E-state index < -0.39 is 0 Å². The number of nitrogens with zero attached hydrogens (tertiary/aromatic N) is 4. The van der Waals surface area contributed by atoms with E-state index in [1.165, 1.54) is 14.6 Å². The predicted molar refractivity (Wildman–Crippen MR) is 148 cm³/mol. The van der Waals surface area contributed by atoms with Crippen LogP contribution in [-0.4, -0.2) is 39.6 Å². The van der Waals surface area contributed by atoms with Crippen LogP contribution in [0, 0.1) is 0 Å². The number of nitrogens with one attached hydrogen (secondary N) is 1. The smallest absolute Gasteiger partial charge is 0.172 e. The first-order chi connectivity index (χ1) is 16.6. The van der Waals surface area contributed by atoms with Crippen LogP contribution in [0.5, 0.6) is 0 Å². The Morgan fingerprint density at radius 1 is 1.12 bits per heavy atom. The van der Waals surface area contributed by atoms with Gasteiger partial charge in [0, 0.05) is 44.4 Å². The van der Waals surface area contributed by atoms with Gasteiger partial charge in [0.15, 0.2) is 5.65 Å². The highest BCUT2D eigenvalue weighted by atomic mass is 79.9. The largest absolute Gasteiger partial charge is 0.370 e. The summed E-state index contributed by atoms with van der Waals surface area (Å²) in [6.45, 7) is 2.78. The Bertz CT molecular complexity index is 1400. The van der Waals surface area contributed by atoms with Gasteiger partial charge in [-0.2, -0.15) is 9.61 Å². The van der Waals surface area contributed by atoms with Gasteiger partial charge in [0.25, 0.3) is 0 Å². The van der Waals surface area contributed by atoms with Gasteiger partial charge in [-0.05, 0) is 65.6 Å². The molecule has 0 fully saturated rings. The van der Waals surface area contributed by atoms with E-state index in [1.54, 1.807) is 17.5 Å². The van der Waals surface area contributed by atoms with Crippen molar-refractivity contribution in [3.05, 3.63) is 80.5 Å². The molecule has 5 nitrogen and oxygen atoms in total. The molecule has 4 heterocycles. The highest BCUT2D eigenvalue weighted by molar-refractivity contribution is 9.10. The molecule has 0 radical (unpaired) electrons. The van der Waals surface area contributed by atoms with Crippen LogP contribution in [0.2, 0.25) is 5.02 Å². The molecule has 0 aliphatic carbocycles. The van der Waals surface area contributed by atoms with E-state index in [0.29, 0.717) is 5.02 Å². The van der Waals surface area contributed by atoms with Crippen molar-refractivity contribution in [2.45, 2.75) is 13.0 Å². The van der Waals surface area contributed by atoms with Gasteiger partial charge in [0.05, 0.1) is 16.4 Å². The van der Waals surface area contributed by atoms with E-state index in [2.05, 4.69) is 67.9 Å². The summed E-state index contributed by atoms with van der Waals surface area (Å²) in [5.41, 5.74) is 2.48. The molecule has 1 N–H and O–H groups in total. The van der Waals surface area contributed by atoms with Crippen molar-refractivity contribution < 1.29 is 0 Å². The van der Waals surface area contributed by atoms with E-state index in [4.69, 9.17) is 16.6 Å². The molecule has 9 heteroatoms. The minimum Gasteiger partial charge on any atom is -0.370 e. The third-order valence-electron chi connectivity index (χ3n) is 5.45. The first kappa shape index (κ1) is 23.5. The van der Waals surface area contributed by atoms with E-state index in [0.717, 1.165) is 53.3 Å². The Morgan fingerprint density at radius 3 is 2.82 bits per heavy atom. The van der Waals surface area contributed by atoms with Crippen LogP contribution in [-0.2, 0) is 6.54 Å². The van der Waals surface area contributed by atoms with Crippen LogP contribution in [0.15, 0.2) is 70.6 Å². The van der Waals surface area contributed by atoms with Gasteiger partial charge >= 0.3 is 0 Å². The topological polar surface area (TPSA) is 45.5 Å². The number of hydrogen-bond acceptors (Lipinski definition) is 6. The predicted octanol–water partition coefficient (Wildman–Crippen LogP) is 7.54. The van der Waals surface area contributed by atoms with Crippen LogP contribution in [0.1, 0.15) is 11.3 Å². The van der Waals surface area contributed by atoms with Crippen LogP contribution in [0.25, 0.3) is 26.7 Å². The van der Waals surface area contributed by atoms with Crippen LogP contribution in [0.3, 0.4) is 0 Å². The molecule has 5 aromatic rings. The Kier molecular flexibility index (Phi) is 7.32. The van der Waals surface area contributed by atoms with E-state index in [9.17, 15) is 0 Å². The summed E-state index contributed by atoms with van der Waals surface area (Å²) >= 11 is 13.7. The second kappa shape index (κ2) is 10.6.